The normalized spacial score (nSPS) is 18.8. The van der Waals surface area contributed by atoms with Crippen LogP contribution in [-0.4, -0.2) is 27.2 Å². The predicted molar refractivity (Wildman–Crippen MR) is 29.1 cm³/mol. The first kappa shape index (κ1) is 7.88. The van der Waals surface area contributed by atoms with Crippen LogP contribution in [0.2, 0.25) is 0 Å². The lowest BCUT2D eigenvalue weighted by molar-refractivity contribution is -0.176. The molecule has 0 aromatic carbocycles. The van der Waals surface area contributed by atoms with Gasteiger partial charge in [0.2, 0.25) is 0 Å². The molecule has 3 N–H and O–H groups in total. The number of rotatable bonds is 2. The lowest BCUT2D eigenvalue weighted by Gasteiger charge is -2.22. The molecule has 0 aliphatic rings. The Hall–Kier alpha value is -0.120. The van der Waals surface area contributed by atoms with E-state index >= 15 is 0 Å². The Bertz CT molecular complexity index is 68.1. The van der Waals surface area contributed by atoms with Gasteiger partial charge in [-0.05, 0) is 13.3 Å². The van der Waals surface area contributed by atoms with Gasteiger partial charge < -0.3 is 15.3 Å². The van der Waals surface area contributed by atoms with Gasteiger partial charge in [0.05, 0.1) is 0 Å². The summed E-state index contributed by atoms with van der Waals surface area (Å²) in [4.78, 5) is 0. The summed E-state index contributed by atoms with van der Waals surface area (Å²) < 4.78 is 0. The lowest BCUT2D eigenvalue weighted by Crippen LogP contribution is -2.38. The summed E-state index contributed by atoms with van der Waals surface area (Å²) in [7, 11) is 0. The van der Waals surface area contributed by atoms with Gasteiger partial charge in [0.1, 0.15) is 5.60 Å². The standard InChI is InChI=1S/C5H12O3/c1-3-5(2,8)4(6)7/h4,6-8H,3H2,1-2H3. The molecule has 0 amide bonds. The zero-order chi connectivity index (χ0) is 6.78. The van der Waals surface area contributed by atoms with Crippen LogP contribution in [0.15, 0.2) is 0 Å². The molecule has 0 aliphatic heterocycles. The number of aliphatic hydroxyl groups is 3. The first-order valence-corrected chi connectivity index (χ1v) is 2.59. The Morgan fingerprint density at radius 3 is 1.88 bits per heavy atom. The van der Waals surface area contributed by atoms with Gasteiger partial charge in [-0.1, -0.05) is 6.92 Å². The van der Waals surface area contributed by atoms with E-state index in [0.717, 1.165) is 0 Å². The molecule has 0 aromatic heterocycles. The molecule has 0 aliphatic carbocycles. The maximum atomic E-state index is 8.90. The fraction of sp³-hybridized carbons (Fsp3) is 1.00. The summed E-state index contributed by atoms with van der Waals surface area (Å²) in [6, 6.07) is 0. The SMILES string of the molecule is CCC(C)(O)C(O)O. The largest absolute Gasteiger partial charge is 0.385 e. The van der Waals surface area contributed by atoms with Gasteiger partial charge in [-0.2, -0.15) is 0 Å². The molecule has 1 atom stereocenters. The summed E-state index contributed by atoms with van der Waals surface area (Å²) in [5.74, 6) is 0. The fourth-order valence-electron chi connectivity index (χ4n) is 0.183. The lowest BCUT2D eigenvalue weighted by atomic mass is 10.0. The van der Waals surface area contributed by atoms with Crippen molar-refractivity contribution in [2.75, 3.05) is 0 Å². The molecule has 50 valence electrons. The topological polar surface area (TPSA) is 60.7 Å². The van der Waals surface area contributed by atoms with Gasteiger partial charge in [0.15, 0.2) is 6.29 Å². The Balaban J connectivity index is 3.71. The quantitative estimate of drug-likeness (QED) is 0.429. The van der Waals surface area contributed by atoms with E-state index in [9.17, 15) is 0 Å². The van der Waals surface area contributed by atoms with Crippen LogP contribution in [0.5, 0.6) is 0 Å². The van der Waals surface area contributed by atoms with Crippen molar-refractivity contribution >= 4 is 0 Å². The van der Waals surface area contributed by atoms with Crippen molar-refractivity contribution < 1.29 is 15.3 Å². The van der Waals surface area contributed by atoms with Crippen LogP contribution in [0.25, 0.3) is 0 Å². The molecule has 3 nitrogen and oxygen atoms in total. The smallest absolute Gasteiger partial charge is 0.180 e. The minimum absolute atomic E-state index is 0.338. The molecule has 0 rings (SSSR count). The number of aliphatic hydroxyl groups excluding tert-OH is 1. The number of hydrogen-bond donors (Lipinski definition) is 3. The van der Waals surface area contributed by atoms with Crippen LogP contribution < -0.4 is 0 Å². The van der Waals surface area contributed by atoms with Crippen LogP contribution in [0.1, 0.15) is 20.3 Å². The van der Waals surface area contributed by atoms with Gasteiger partial charge in [-0.3, -0.25) is 0 Å². The van der Waals surface area contributed by atoms with Crippen molar-refractivity contribution in [1.82, 2.24) is 0 Å². The summed E-state index contributed by atoms with van der Waals surface area (Å²) in [6.45, 7) is 3.05. The van der Waals surface area contributed by atoms with Crippen molar-refractivity contribution in [3.05, 3.63) is 0 Å². The van der Waals surface area contributed by atoms with Crippen molar-refractivity contribution in [3.63, 3.8) is 0 Å². The van der Waals surface area contributed by atoms with Crippen LogP contribution in [0, 0.1) is 0 Å². The molecule has 0 aromatic rings. The van der Waals surface area contributed by atoms with Crippen LogP contribution in [0.3, 0.4) is 0 Å². The monoisotopic (exact) mass is 120 g/mol. The Kier molecular flexibility index (Phi) is 2.40. The van der Waals surface area contributed by atoms with E-state index in [1.807, 2.05) is 0 Å². The average Bonchev–Trinajstić information content (AvgIpc) is 1.67. The molecule has 0 saturated heterocycles. The summed E-state index contributed by atoms with van der Waals surface area (Å²) in [5, 5.41) is 25.7. The van der Waals surface area contributed by atoms with E-state index in [4.69, 9.17) is 15.3 Å². The molecular formula is C5H12O3. The maximum absolute atomic E-state index is 8.90. The Morgan fingerprint density at radius 2 is 1.88 bits per heavy atom. The number of hydrogen-bond acceptors (Lipinski definition) is 3. The van der Waals surface area contributed by atoms with Crippen molar-refractivity contribution in [2.24, 2.45) is 0 Å². The molecule has 0 bridgehead atoms. The van der Waals surface area contributed by atoms with Gasteiger partial charge in [-0.15, -0.1) is 0 Å². The molecule has 0 saturated carbocycles. The van der Waals surface area contributed by atoms with Gasteiger partial charge in [0.25, 0.3) is 0 Å². The van der Waals surface area contributed by atoms with E-state index in [-0.39, 0.29) is 0 Å². The second-order valence-electron chi connectivity index (χ2n) is 2.08. The van der Waals surface area contributed by atoms with Crippen LogP contribution in [0.4, 0.5) is 0 Å². The zero-order valence-electron chi connectivity index (χ0n) is 5.13. The third kappa shape index (κ3) is 1.78. The van der Waals surface area contributed by atoms with Crippen LogP contribution >= 0.6 is 0 Å². The molecular weight excluding hydrogens is 108 g/mol. The first-order chi connectivity index (χ1) is 3.50. The summed E-state index contributed by atoms with van der Waals surface area (Å²) >= 11 is 0. The predicted octanol–water partition coefficient (Wildman–Crippen LogP) is -0.542. The van der Waals surface area contributed by atoms with Crippen molar-refractivity contribution in [2.45, 2.75) is 32.2 Å². The third-order valence-electron chi connectivity index (χ3n) is 1.27. The first-order valence-electron chi connectivity index (χ1n) is 2.59. The molecule has 0 spiro atoms. The van der Waals surface area contributed by atoms with Crippen molar-refractivity contribution in [1.29, 1.82) is 0 Å². The highest BCUT2D eigenvalue weighted by atomic mass is 16.5. The highest BCUT2D eigenvalue weighted by Gasteiger charge is 2.25. The van der Waals surface area contributed by atoms with Crippen LogP contribution in [-0.2, 0) is 0 Å². The second-order valence-corrected chi connectivity index (χ2v) is 2.08. The third-order valence-corrected chi connectivity index (χ3v) is 1.27. The van der Waals surface area contributed by atoms with E-state index in [1.54, 1.807) is 6.92 Å². The van der Waals surface area contributed by atoms with Crippen molar-refractivity contribution in [3.8, 4) is 0 Å². The molecule has 0 fully saturated rings. The molecule has 1 unspecified atom stereocenters. The second kappa shape index (κ2) is 2.44. The molecule has 3 heteroatoms. The zero-order valence-corrected chi connectivity index (χ0v) is 5.13. The molecule has 0 heterocycles. The maximum Gasteiger partial charge on any atom is 0.180 e. The van der Waals surface area contributed by atoms with E-state index in [2.05, 4.69) is 0 Å². The highest BCUT2D eigenvalue weighted by molar-refractivity contribution is 4.71. The minimum Gasteiger partial charge on any atom is -0.385 e. The summed E-state index contributed by atoms with van der Waals surface area (Å²) in [5.41, 5.74) is -1.35. The van der Waals surface area contributed by atoms with E-state index < -0.39 is 11.9 Å². The van der Waals surface area contributed by atoms with Gasteiger partial charge in [-0.25, -0.2) is 0 Å². The Morgan fingerprint density at radius 1 is 1.50 bits per heavy atom. The Labute approximate surface area is 48.6 Å². The van der Waals surface area contributed by atoms with E-state index in [1.165, 1.54) is 6.92 Å². The fourth-order valence-corrected chi connectivity index (χ4v) is 0.183. The van der Waals surface area contributed by atoms with Gasteiger partial charge >= 0.3 is 0 Å². The average molecular weight is 120 g/mol. The van der Waals surface area contributed by atoms with E-state index in [0.29, 0.717) is 6.42 Å². The highest BCUT2D eigenvalue weighted by Crippen LogP contribution is 2.10. The minimum atomic E-state index is -1.63. The summed E-state index contributed by atoms with van der Waals surface area (Å²) in [6.07, 6.45) is -1.29. The van der Waals surface area contributed by atoms with Gasteiger partial charge in [0, 0.05) is 0 Å². The molecule has 0 radical (unpaired) electrons. The molecule has 8 heavy (non-hydrogen) atoms.